The summed E-state index contributed by atoms with van der Waals surface area (Å²) in [6, 6.07) is 13.3. The smallest absolute Gasteiger partial charge is 0.202 e. The van der Waals surface area contributed by atoms with Crippen LogP contribution >= 0.6 is 0 Å². The maximum atomic E-state index is 13.2. The molecule has 4 heteroatoms. The Morgan fingerprint density at radius 3 is 2.81 bits per heavy atom. The molecule has 0 aliphatic carbocycles. The van der Waals surface area contributed by atoms with Crippen LogP contribution in [0.4, 0.5) is 0 Å². The topological polar surface area (TPSA) is 52.3 Å². The summed E-state index contributed by atoms with van der Waals surface area (Å²) < 4.78 is 11.6. The van der Waals surface area contributed by atoms with Gasteiger partial charge in [0.2, 0.25) is 5.43 Å². The summed E-state index contributed by atoms with van der Waals surface area (Å²) >= 11 is 0. The predicted octanol–water partition coefficient (Wildman–Crippen LogP) is 5.11. The maximum absolute atomic E-state index is 13.2. The second kappa shape index (κ2) is 6.64. The van der Waals surface area contributed by atoms with Gasteiger partial charge in [0.05, 0.1) is 23.3 Å². The molecule has 0 saturated heterocycles. The fourth-order valence-electron chi connectivity index (χ4n) is 3.15. The van der Waals surface area contributed by atoms with Gasteiger partial charge < -0.3 is 9.15 Å². The third-order valence-corrected chi connectivity index (χ3v) is 4.46. The first-order valence-corrected chi connectivity index (χ1v) is 8.72. The van der Waals surface area contributed by atoms with E-state index in [2.05, 4.69) is 11.9 Å². The third-order valence-electron chi connectivity index (χ3n) is 4.46. The molecule has 0 unspecified atom stereocenters. The van der Waals surface area contributed by atoms with E-state index in [0.717, 1.165) is 28.5 Å². The summed E-state index contributed by atoms with van der Waals surface area (Å²) in [5.74, 6) is 0.851. The molecule has 2 heterocycles. The summed E-state index contributed by atoms with van der Waals surface area (Å²) in [4.78, 5) is 17.5. The lowest BCUT2D eigenvalue weighted by molar-refractivity contribution is 0.316. The minimum atomic E-state index is -0.0721. The molecule has 0 aliphatic heterocycles. The van der Waals surface area contributed by atoms with Crippen molar-refractivity contribution in [1.82, 2.24) is 4.98 Å². The zero-order valence-electron chi connectivity index (χ0n) is 14.8. The Kier molecular flexibility index (Phi) is 4.17. The molecule has 26 heavy (non-hydrogen) atoms. The minimum absolute atomic E-state index is 0.0721. The molecular weight excluding hydrogens is 326 g/mol. The van der Waals surface area contributed by atoms with Crippen molar-refractivity contribution in [3.05, 3.63) is 70.7 Å². The highest BCUT2D eigenvalue weighted by molar-refractivity contribution is 6.07. The van der Waals surface area contributed by atoms with E-state index in [0.29, 0.717) is 28.8 Å². The molecule has 0 N–H and O–H groups in total. The van der Waals surface area contributed by atoms with Gasteiger partial charge in [0.1, 0.15) is 17.6 Å². The number of pyridine rings is 1. The molecule has 0 atom stereocenters. The molecule has 0 saturated carbocycles. The van der Waals surface area contributed by atoms with E-state index in [4.69, 9.17) is 9.15 Å². The standard InChI is InChI=1S/C22H19NO3/c1-3-10-25-20-12-15-7-8-19-21(16(15)11-14(20)2)22(24)17(13-26-19)18-6-4-5-9-23-18/h4-9,11-13H,3,10H2,1-2H3. The number of hydrogen-bond donors (Lipinski definition) is 0. The lowest BCUT2D eigenvalue weighted by atomic mass is 10.0. The van der Waals surface area contributed by atoms with Gasteiger partial charge >= 0.3 is 0 Å². The van der Waals surface area contributed by atoms with E-state index in [1.54, 1.807) is 6.20 Å². The average molecular weight is 345 g/mol. The van der Waals surface area contributed by atoms with Gasteiger partial charge in [-0.15, -0.1) is 0 Å². The van der Waals surface area contributed by atoms with Crippen LogP contribution in [0, 0.1) is 6.92 Å². The molecular formula is C22H19NO3. The number of aryl methyl sites for hydroxylation is 1. The first-order chi connectivity index (χ1) is 12.7. The highest BCUT2D eigenvalue weighted by Crippen LogP contribution is 2.31. The second-order valence-electron chi connectivity index (χ2n) is 6.32. The van der Waals surface area contributed by atoms with Gasteiger partial charge in [-0.2, -0.15) is 0 Å². The minimum Gasteiger partial charge on any atom is -0.493 e. The summed E-state index contributed by atoms with van der Waals surface area (Å²) in [5.41, 5.74) is 2.58. The van der Waals surface area contributed by atoms with Crippen molar-refractivity contribution >= 4 is 21.7 Å². The van der Waals surface area contributed by atoms with Crippen molar-refractivity contribution in [2.45, 2.75) is 20.3 Å². The van der Waals surface area contributed by atoms with E-state index >= 15 is 0 Å². The summed E-state index contributed by atoms with van der Waals surface area (Å²) in [5, 5.41) is 2.41. The van der Waals surface area contributed by atoms with E-state index in [1.807, 2.05) is 49.4 Å². The van der Waals surface area contributed by atoms with Crippen molar-refractivity contribution in [3.63, 3.8) is 0 Å². The highest BCUT2D eigenvalue weighted by Gasteiger charge is 2.14. The van der Waals surface area contributed by atoms with Crippen LogP contribution in [0.5, 0.6) is 5.75 Å². The normalized spacial score (nSPS) is 11.2. The summed E-state index contributed by atoms with van der Waals surface area (Å²) in [6.07, 6.45) is 4.11. The van der Waals surface area contributed by atoms with Crippen molar-refractivity contribution in [1.29, 1.82) is 0 Å². The molecule has 0 amide bonds. The monoisotopic (exact) mass is 345 g/mol. The van der Waals surface area contributed by atoms with E-state index in [1.165, 1.54) is 6.26 Å². The fourth-order valence-corrected chi connectivity index (χ4v) is 3.15. The quantitative estimate of drug-likeness (QED) is 0.483. The molecule has 0 aliphatic rings. The van der Waals surface area contributed by atoms with Crippen molar-refractivity contribution < 1.29 is 9.15 Å². The van der Waals surface area contributed by atoms with Gasteiger partial charge in [-0.25, -0.2) is 0 Å². The highest BCUT2D eigenvalue weighted by atomic mass is 16.5. The lowest BCUT2D eigenvalue weighted by Crippen LogP contribution is -2.06. The molecule has 4 aromatic rings. The molecule has 2 aromatic heterocycles. The van der Waals surface area contributed by atoms with Crippen LogP contribution in [-0.4, -0.2) is 11.6 Å². The van der Waals surface area contributed by atoms with Crippen molar-refractivity contribution in [3.8, 4) is 17.0 Å². The molecule has 0 spiro atoms. The Balaban J connectivity index is 1.99. The Bertz CT molecular complexity index is 1150. The second-order valence-corrected chi connectivity index (χ2v) is 6.32. The molecule has 130 valence electrons. The van der Waals surface area contributed by atoms with E-state index < -0.39 is 0 Å². The Morgan fingerprint density at radius 1 is 1.15 bits per heavy atom. The predicted molar refractivity (Wildman–Crippen MR) is 104 cm³/mol. The Labute approximate surface area is 151 Å². The van der Waals surface area contributed by atoms with Gasteiger partial charge in [-0.1, -0.05) is 19.1 Å². The van der Waals surface area contributed by atoms with Crippen LogP contribution in [0.15, 0.2) is 64.1 Å². The summed E-state index contributed by atoms with van der Waals surface area (Å²) in [6.45, 7) is 4.74. The zero-order chi connectivity index (χ0) is 18.1. The van der Waals surface area contributed by atoms with Crippen LogP contribution in [0.2, 0.25) is 0 Å². The number of benzene rings is 2. The molecule has 0 fully saturated rings. The van der Waals surface area contributed by atoms with E-state index in [-0.39, 0.29) is 5.43 Å². The molecule has 2 aromatic carbocycles. The third kappa shape index (κ3) is 2.73. The lowest BCUT2D eigenvalue weighted by Gasteiger charge is -2.11. The number of aromatic nitrogens is 1. The van der Waals surface area contributed by atoms with Crippen molar-refractivity contribution in [2.24, 2.45) is 0 Å². The zero-order valence-corrected chi connectivity index (χ0v) is 14.8. The SMILES string of the molecule is CCCOc1cc2ccc3occ(-c4ccccn4)c(=O)c3c2cc1C. The maximum Gasteiger partial charge on any atom is 0.202 e. The van der Waals surface area contributed by atoms with Crippen LogP contribution in [0.3, 0.4) is 0 Å². The van der Waals surface area contributed by atoms with Crippen LogP contribution < -0.4 is 10.2 Å². The van der Waals surface area contributed by atoms with Gasteiger partial charge in [0.25, 0.3) is 0 Å². The van der Waals surface area contributed by atoms with Crippen molar-refractivity contribution in [2.75, 3.05) is 6.61 Å². The molecule has 4 rings (SSSR count). The largest absolute Gasteiger partial charge is 0.493 e. The number of ether oxygens (including phenoxy) is 1. The van der Waals surface area contributed by atoms with Crippen LogP contribution in [-0.2, 0) is 0 Å². The number of rotatable bonds is 4. The van der Waals surface area contributed by atoms with Gasteiger partial charge in [0.15, 0.2) is 0 Å². The fraction of sp³-hybridized carbons (Fsp3) is 0.182. The van der Waals surface area contributed by atoms with Gasteiger partial charge in [-0.3, -0.25) is 9.78 Å². The first kappa shape index (κ1) is 16.3. The number of nitrogens with zero attached hydrogens (tertiary/aromatic N) is 1. The van der Waals surface area contributed by atoms with Crippen LogP contribution in [0.25, 0.3) is 33.0 Å². The first-order valence-electron chi connectivity index (χ1n) is 8.72. The van der Waals surface area contributed by atoms with Gasteiger partial charge in [0, 0.05) is 6.20 Å². The van der Waals surface area contributed by atoms with E-state index in [9.17, 15) is 4.79 Å². The Hall–Kier alpha value is -3.14. The number of hydrogen-bond acceptors (Lipinski definition) is 4. The summed E-state index contributed by atoms with van der Waals surface area (Å²) in [7, 11) is 0. The Morgan fingerprint density at radius 2 is 2.04 bits per heavy atom. The molecule has 0 radical (unpaired) electrons. The van der Waals surface area contributed by atoms with Gasteiger partial charge in [-0.05, 0) is 60.0 Å². The average Bonchev–Trinajstić information content (AvgIpc) is 2.67. The van der Waals surface area contributed by atoms with Crippen LogP contribution in [0.1, 0.15) is 18.9 Å². The molecule has 0 bridgehead atoms. The number of fused-ring (bicyclic) bond motifs is 3. The molecule has 4 nitrogen and oxygen atoms in total.